The van der Waals surface area contributed by atoms with Crippen LogP contribution < -0.4 is 5.73 Å². The number of hydrogen-bond acceptors (Lipinski definition) is 3. The summed E-state index contributed by atoms with van der Waals surface area (Å²) in [6.45, 7) is 0.803. The second-order valence-electron chi connectivity index (χ2n) is 7.54. The average molecular weight is 430 g/mol. The van der Waals surface area contributed by atoms with Gasteiger partial charge in [-0.15, -0.1) is 0 Å². The Morgan fingerprint density at radius 1 is 1.10 bits per heavy atom. The van der Waals surface area contributed by atoms with E-state index in [4.69, 9.17) is 28.9 Å². The smallest absolute Gasteiger partial charge is 0.218 e. The normalized spacial score (nSPS) is 15.4. The summed E-state index contributed by atoms with van der Waals surface area (Å²) in [4.78, 5) is 20.3. The first-order valence-electron chi connectivity index (χ1n) is 9.98. The van der Waals surface area contributed by atoms with Crippen molar-refractivity contribution < 1.29 is 4.79 Å². The van der Waals surface area contributed by atoms with Crippen LogP contribution in [0.1, 0.15) is 55.6 Å². The van der Waals surface area contributed by atoms with Gasteiger partial charge in [0, 0.05) is 22.4 Å². The van der Waals surface area contributed by atoms with E-state index in [0.717, 1.165) is 23.4 Å². The summed E-state index contributed by atoms with van der Waals surface area (Å²) < 4.78 is 0. The molecule has 1 atom stereocenters. The molecule has 0 bridgehead atoms. The molecule has 2 aromatic rings. The minimum absolute atomic E-state index is 0.160. The number of rotatable bonds is 7. The Morgan fingerprint density at radius 3 is 2.48 bits per heavy atom. The van der Waals surface area contributed by atoms with Crippen LogP contribution in [0.5, 0.6) is 0 Å². The molecule has 3 rings (SSSR count). The molecule has 2 aromatic carbocycles. The van der Waals surface area contributed by atoms with E-state index in [-0.39, 0.29) is 12.3 Å². The minimum Gasteiger partial charge on any atom is -0.370 e. The number of primary amides is 1. The Balaban J connectivity index is 1.73. The van der Waals surface area contributed by atoms with Gasteiger partial charge in [-0.25, -0.2) is 4.99 Å². The molecule has 1 amide bonds. The van der Waals surface area contributed by atoms with Crippen molar-refractivity contribution in [2.45, 2.75) is 44.4 Å². The van der Waals surface area contributed by atoms with Gasteiger partial charge in [0.1, 0.15) is 0 Å². The van der Waals surface area contributed by atoms with Gasteiger partial charge in [-0.1, -0.05) is 60.7 Å². The third-order valence-electron chi connectivity index (χ3n) is 5.36. The Kier molecular flexibility index (Phi) is 7.88. The maximum atomic E-state index is 11.6. The first kappa shape index (κ1) is 21.6. The first-order valence-corrected chi connectivity index (χ1v) is 10.7. The predicted molar refractivity (Wildman–Crippen MR) is 120 cm³/mol. The molecule has 0 radical (unpaired) electrons. The van der Waals surface area contributed by atoms with Crippen molar-refractivity contribution in [1.29, 1.82) is 0 Å². The van der Waals surface area contributed by atoms with Crippen molar-refractivity contribution in [3.63, 3.8) is 0 Å². The average Bonchev–Trinajstić information content (AvgIpc) is 2.71. The highest BCUT2D eigenvalue weighted by molar-refractivity contribution is 6.35. The van der Waals surface area contributed by atoms with E-state index in [1.807, 2.05) is 30.3 Å². The van der Waals surface area contributed by atoms with Crippen LogP contribution in [0.2, 0.25) is 10.0 Å². The summed E-state index contributed by atoms with van der Waals surface area (Å²) in [5.74, 6) is 0.0423. The molecule has 6 heteroatoms. The molecule has 1 fully saturated rings. The molecule has 1 unspecified atom stereocenters. The molecule has 0 heterocycles. The molecule has 2 N–H and O–H groups in total. The van der Waals surface area contributed by atoms with Gasteiger partial charge < -0.3 is 5.73 Å². The number of carbonyl (C=O) groups is 1. The maximum absolute atomic E-state index is 11.6. The number of carbonyl (C=O) groups excluding carboxylic acids is 1. The van der Waals surface area contributed by atoms with Crippen molar-refractivity contribution in [3.05, 3.63) is 63.6 Å². The predicted octanol–water partition coefficient (Wildman–Crippen LogP) is 6.39. The van der Waals surface area contributed by atoms with Gasteiger partial charge in [0.05, 0.1) is 18.2 Å². The van der Waals surface area contributed by atoms with Gasteiger partial charge in [-0.3, -0.25) is 4.79 Å². The fourth-order valence-electron chi connectivity index (χ4n) is 3.81. The summed E-state index contributed by atoms with van der Waals surface area (Å²) in [5.41, 5.74) is 7.99. The van der Waals surface area contributed by atoms with E-state index in [0.29, 0.717) is 16.0 Å². The zero-order valence-electron chi connectivity index (χ0n) is 16.3. The first-order chi connectivity index (χ1) is 14.0. The molecular weight excluding hydrogens is 405 g/mol. The van der Waals surface area contributed by atoms with E-state index < -0.39 is 5.91 Å². The topological polar surface area (TPSA) is 67.8 Å². The van der Waals surface area contributed by atoms with E-state index >= 15 is 0 Å². The maximum Gasteiger partial charge on any atom is 0.218 e. The quantitative estimate of drug-likeness (QED) is 0.509. The summed E-state index contributed by atoms with van der Waals surface area (Å²) >= 11 is 12.4. The minimum atomic E-state index is -0.391. The monoisotopic (exact) mass is 429 g/mol. The van der Waals surface area contributed by atoms with Gasteiger partial charge in [0.15, 0.2) is 0 Å². The van der Waals surface area contributed by atoms with Crippen LogP contribution in [0.15, 0.2) is 52.4 Å². The van der Waals surface area contributed by atoms with E-state index in [1.165, 1.54) is 32.1 Å². The van der Waals surface area contributed by atoms with Gasteiger partial charge in [-0.2, -0.15) is 4.99 Å². The zero-order valence-corrected chi connectivity index (χ0v) is 17.8. The van der Waals surface area contributed by atoms with Crippen LogP contribution >= 0.6 is 23.2 Å². The van der Waals surface area contributed by atoms with Crippen LogP contribution in [0, 0.1) is 5.92 Å². The molecule has 29 heavy (non-hydrogen) atoms. The molecule has 1 aliphatic carbocycles. The van der Waals surface area contributed by atoms with E-state index in [1.54, 1.807) is 12.1 Å². The highest BCUT2D eigenvalue weighted by Crippen LogP contribution is 2.35. The van der Waals surface area contributed by atoms with Crippen LogP contribution in [-0.4, -0.2) is 18.5 Å². The fraction of sp³-hybridized carbons (Fsp3) is 0.391. The lowest BCUT2D eigenvalue weighted by molar-refractivity contribution is -0.118. The van der Waals surface area contributed by atoms with Crippen molar-refractivity contribution in [2.75, 3.05) is 6.54 Å². The number of nitrogens with two attached hydrogens (primary N) is 1. The highest BCUT2D eigenvalue weighted by atomic mass is 35.5. The lowest BCUT2D eigenvalue weighted by Gasteiger charge is -2.18. The largest absolute Gasteiger partial charge is 0.370 e. The van der Waals surface area contributed by atoms with Crippen molar-refractivity contribution in [3.8, 4) is 0 Å². The number of halogens is 2. The number of hydrogen-bond donors (Lipinski definition) is 1. The van der Waals surface area contributed by atoms with Crippen LogP contribution in [-0.2, 0) is 4.79 Å². The molecule has 0 saturated heterocycles. The van der Waals surface area contributed by atoms with Gasteiger partial charge in [0.25, 0.3) is 0 Å². The summed E-state index contributed by atoms with van der Waals surface area (Å²) in [6.07, 6.45) is 6.64. The van der Waals surface area contributed by atoms with Gasteiger partial charge in [-0.05, 0) is 54.2 Å². The standard InChI is InChI=1S/C23H25Cl2N3O/c24-18-8-11-20(22(25)12-18)21(13-23(26)29)17-6-9-19(10-7-17)28-15-27-14-16-4-2-1-3-5-16/h6-12,16,21H,1-5,13-14H2,(H2,26,29). The van der Waals surface area contributed by atoms with Crippen LogP contribution in [0.4, 0.5) is 5.69 Å². The SMILES string of the molecule is NC(=O)CC(c1ccc(N=C=NCC2CCCCC2)cc1)c1ccc(Cl)cc1Cl. The summed E-state index contributed by atoms with van der Waals surface area (Å²) in [5, 5.41) is 1.06. The van der Waals surface area contributed by atoms with Crippen molar-refractivity contribution >= 4 is 40.8 Å². The number of benzene rings is 2. The van der Waals surface area contributed by atoms with E-state index in [9.17, 15) is 4.79 Å². The molecule has 152 valence electrons. The van der Waals surface area contributed by atoms with Crippen LogP contribution in [0.25, 0.3) is 0 Å². The molecular formula is C23H25Cl2N3O. The fourth-order valence-corrected chi connectivity index (χ4v) is 4.35. The number of amides is 1. The third-order valence-corrected chi connectivity index (χ3v) is 5.93. The van der Waals surface area contributed by atoms with E-state index in [2.05, 4.69) is 16.0 Å². The zero-order chi connectivity index (χ0) is 20.6. The molecule has 4 nitrogen and oxygen atoms in total. The highest BCUT2D eigenvalue weighted by Gasteiger charge is 2.20. The second kappa shape index (κ2) is 10.6. The van der Waals surface area contributed by atoms with Crippen LogP contribution in [0.3, 0.4) is 0 Å². The van der Waals surface area contributed by atoms with Gasteiger partial charge >= 0.3 is 0 Å². The number of nitrogens with zero attached hydrogens (tertiary/aromatic N) is 2. The lowest BCUT2D eigenvalue weighted by Crippen LogP contribution is -2.16. The number of aliphatic imine (C=N–C) groups is 2. The summed E-state index contributed by atoms with van der Waals surface area (Å²) in [6, 6.07) is 15.7. The summed E-state index contributed by atoms with van der Waals surface area (Å²) in [7, 11) is 0. The molecule has 0 aliphatic heterocycles. The van der Waals surface area contributed by atoms with Crippen molar-refractivity contribution in [1.82, 2.24) is 0 Å². The Labute approximate surface area is 181 Å². The Morgan fingerprint density at radius 2 is 1.83 bits per heavy atom. The lowest BCUT2D eigenvalue weighted by atomic mass is 9.88. The van der Waals surface area contributed by atoms with Crippen molar-refractivity contribution in [2.24, 2.45) is 21.6 Å². The third kappa shape index (κ3) is 6.43. The molecule has 0 aromatic heterocycles. The molecule has 1 saturated carbocycles. The van der Waals surface area contributed by atoms with Gasteiger partial charge in [0.2, 0.25) is 5.91 Å². The second-order valence-corrected chi connectivity index (χ2v) is 8.38. The Bertz CT molecular complexity index is 899. The molecule has 0 spiro atoms. The molecule has 1 aliphatic rings. The Hall–Kier alpha value is -2.13.